The van der Waals surface area contributed by atoms with E-state index < -0.39 is 18.0 Å². The molecule has 1 atom stereocenters. The molecule has 4 N–H and O–H groups in total. The molecule has 0 bridgehead atoms. The van der Waals surface area contributed by atoms with Gasteiger partial charge in [0.25, 0.3) is 0 Å². The van der Waals surface area contributed by atoms with E-state index in [4.69, 9.17) is 14.9 Å². The van der Waals surface area contributed by atoms with Crippen LogP contribution in [0.5, 0.6) is 0 Å². The second-order valence-electron chi connectivity index (χ2n) is 7.68. The molecule has 7 heteroatoms. The second-order valence-corrected chi connectivity index (χ2v) is 7.68. The largest absolute Gasteiger partial charge is 0.478 e. The fourth-order valence-electron chi connectivity index (χ4n) is 1.22. The molecule has 0 aromatic rings. The summed E-state index contributed by atoms with van der Waals surface area (Å²) >= 11 is 0. The maximum absolute atomic E-state index is 9.65. The van der Waals surface area contributed by atoms with E-state index in [0.29, 0.717) is 30.7 Å². The molecule has 0 aliphatic carbocycles. The lowest BCUT2D eigenvalue weighted by Crippen LogP contribution is -2.42. The molecule has 0 fully saturated rings. The van der Waals surface area contributed by atoms with Gasteiger partial charge in [-0.25, -0.2) is 9.59 Å². The van der Waals surface area contributed by atoms with Crippen molar-refractivity contribution < 1.29 is 29.6 Å². The number of aliphatic hydroxyl groups is 1. The molecule has 0 spiro atoms. The van der Waals surface area contributed by atoms with Crippen LogP contribution in [0, 0.1) is 5.41 Å². The van der Waals surface area contributed by atoms with Gasteiger partial charge in [-0.05, 0) is 32.6 Å². The Balaban J connectivity index is 0. The van der Waals surface area contributed by atoms with E-state index in [1.807, 2.05) is 0 Å². The van der Waals surface area contributed by atoms with Gasteiger partial charge in [0.2, 0.25) is 0 Å². The lowest BCUT2D eigenvalue weighted by atomic mass is 9.93. The highest BCUT2D eigenvalue weighted by Crippen LogP contribution is 2.17. The van der Waals surface area contributed by atoms with E-state index in [-0.39, 0.29) is 5.54 Å². The molecule has 24 heavy (non-hydrogen) atoms. The van der Waals surface area contributed by atoms with Gasteiger partial charge in [0.05, 0.1) is 12.7 Å². The number of β-amino-alcohol motifs (C(OH)–C–C–N with tert-alkyl or cyclic N) is 1. The molecule has 0 aliphatic heterocycles. The Kier molecular flexibility index (Phi) is 12.4. The molecule has 0 radical (unpaired) electrons. The molecular weight excluding hydrogens is 314 g/mol. The molecule has 1 unspecified atom stereocenters. The summed E-state index contributed by atoms with van der Waals surface area (Å²) in [7, 11) is 0. The van der Waals surface area contributed by atoms with E-state index >= 15 is 0 Å². The van der Waals surface area contributed by atoms with E-state index in [0.717, 1.165) is 13.0 Å². The van der Waals surface area contributed by atoms with Crippen LogP contribution in [-0.4, -0.2) is 58.7 Å². The predicted molar refractivity (Wildman–Crippen MR) is 93.1 cm³/mol. The maximum atomic E-state index is 9.65. The maximum Gasteiger partial charge on any atom is 0.328 e. The molecule has 0 rings (SSSR count). The second kappa shape index (κ2) is 12.0. The molecule has 0 aromatic heterocycles. The monoisotopic (exact) mass is 347 g/mol. The van der Waals surface area contributed by atoms with Gasteiger partial charge in [-0.3, -0.25) is 0 Å². The number of nitrogens with one attached hydrogen (secondary N) is 1. The number of aliphatic hydroxyl groups excluding tert-OH is 1. The number of carbonyl (C=O) groups is 2. The van der Waals surface area contributed by atoms with Crippen molar-refractivity contribution in [3.63, 3.8) is 0 Å². The third-order valence-corrected chi connectivity index (χ3v) is 2.54. The summed E-state index contributed by atoms with van der Waals surface area (Å²) in [6, 6.07) is 0. The van der Waals surface area contributed by atoms with Crippen LogP contribution in [0.1, 0.15) is 48.0 Å². The Labute approximate surface area is 144 Å². The van der Waals surface area contributed by atoms with Crippen LogP contribution in [0.4, 0.5) is 0 Å². The van der Waals surface area contributed by atoms with E-state index in [9.17, 15) is 14.7 Å². The molecule has 0 aromatic carbocycles. The topological polar surface area (TPSA) is 116 Å². The van der Waals surface area contributed by atoms with Crippen molar-refractivity contribution in [2.75, 3.05) is 19.8 Å². The molecule has 0 saturated heterocycles. The number of hydrogen-bond donors (Lipinski definition) is 4. The van der Waals surface area contributed by atoms with Crippen LogP contribution in [0.15, 0.2) is 12.2 Å². The molecule has 0 saturated carbocycles. The SMILES string of the molecule is CC(C)(C)CCOCC(O)CNC(C)(C)C.O=C(O)/C=C/C(=O)O. The first-order valence-electron chi connectivity index (χ1n) is 7.88. The normalized spacial score (nSPS) is 13.3. The first-order chi connectivity index (χ1) is 10.7. The van der Waals surface area contributed by atoms with E-state index in [1.165, 1.54) is 0 Å². The number of carboxylic acid groups (broad SMARTS) is 2. The molecule has 142 valence electrons. The van der Waals surface area contributed by atoms with E-state index in [1.54, 1.807) is 0 Å². The predicted octanol–water partition coefficient (Wildman–Crippen LogP) is 1.90. The Morgan fingerprint density at radius 2 is 1.50 bits per heavy atom. The highest BCUT2D eigenvalue weighted by atomic mass is 16.5. The summed E-state index contributed by atoms with van der Waals surface area (Å²) in [6.07, 6.45) is 1.72. The van der Waals surface area contributed by atoms with Gasteiger partial charge < -0.3 is 25.4 Å². The van der Waals surface area contributed by atoms with Crippen LogP contribution < -0.4 is 5.32 Å². The molecular formula is C17H33NO6. The fourth-order valence-corrected chi connectivity index (χ4v) is 1.22. The van der Waals surface area contributed by atoms with Gasteiger partial charge >= 0.3 is 11.9 Å². The van der Waals surface area contributed by atoms with Gasteiger partial charge in [-0.15, -0.1) is 0 Å². The first kappa shape index (κ1) is 24.8. The van der Waals surface area contributed by atoms with Crippen LogP contribution in [0.25, 0.3) is 0 Å². The van der Waals surface area contributed by atoms with Crippen LogP contribution >= 0.6 is 0 Å². The minimum absolute atomic E-state index is 0.0480. The lowest BCUT2D eigenvalue weighted by Gasteiger charge is -2.23. The fraction of sp³-hybridized carbons (Fsp3) is 0.765. The quantitative estimate of drug-likeness (QED) is 0.391. The van der Waals surface area contributed by atoms with Crippen LogP contribution in [0.3, 0.4) is 0 Å². The minimum atomic E-state index is -1.26. The smallest absolute Gasteiger partial charge is 0.328 e. The van der Waals surface area contributed by atoms with Crippen molar-refractivity contribution in [1.29, 1.82) is 0 Å². The first-order valence-corrected chi connectivity index (χ1v) is 7.88. The number of ether oxygens (including phenoxy) is 1. The number of carboxylic acids is 2. The Morgan fingerprint density at radius 1 is 1.04 bits per heavy atom. The minimum Gasteiger partial charge on any atom is -0.478 e. The summed E-state index contributed by atoms with van der Waals surface area (Å²) < 4.78 is 5.45. The van der Waals surface area contributed by atoms with Crippen molar-refractivity contribution in [2.24, 2.45) is 5.41 Å². The van der Waals surface area contributed by atoms with Crippen molar-refractivity contribution in [3.8, 4) is 0 Å². The molecule has 0 amide bonds. The number of rotatable bonds is 8. The summed E-state index contributed by atoms with van der Waals surface area (Å²) in [5.74, 6) is -2.51. The van der Waals surface area contributed by atoms with Gasteiger partial charge in [0.1, 0.15) is 0 Å². The van der Waals surface area contributed by atoms with Gasteiger partial charge in [-0.2, -0.15) is 0 Å². The van der Waals surface area contributed by atoms with Crippen molar-refractivity contribution in [2.45, 2.75) is 59.6 Å². The summed E-state index contributed by atoms with van der Waals surface area (Å²) in [6.45, 7) is 14.5. The molecule has 0 heterocycles. The third kappa shape index (κ3) is 25.5. The zero-order chi connectivity index (χ0) is 19.4. The number of hydrogen-bond acceptors (Lipinski definition) is 5. The Hall–Kier alpha value is -1.44. The average molecular weight is 347 g/mol. The van der Waals surface area contributed by atoms with Crippen LogP contribution in [0.2, 0.25) is 0 Å². The summed E-state index contributed by atoms with van der Waals surface area (Å²) in [5.41, 5.74) is 0.348. The standard InChI is InChI=1S/C13H29NO2.C4H4O4/c1-12(2,3)7-8-16-10-11(15)9-14-13(4,5)6;5-3(6)1-2-4(7)8/h11,14-15H,7-10H2,1-6H3;1-2H,(H,5,6)(H,7,8)/b;2-1+. The van der Waals surface area contributed by atoms with Gasteiger partial charge in [-0.1, -0.05) is 20.8 Å². The zero-order valence-corrected chi connectivity index (χ0v) is 15.6. The highest BCUT2D eigenvalue weighted by Gasteiger charge is 2.13. The van der Waals surface area contributed by atoms with Gasteiger partial charge in [0, 0.05) is 30.8 Å². The average Bonchev–Trinajstić information content (AvgIpc) is 2.38. The van der Waals surface area contributed by atoms with Crippen molar-refractivity contribution in [1.82, 2.24) is 5.32 Å². The van der Waals surface area contributed by atoms with Crippen LogP contribution in [-0.2, 0) is 14.3 Å². The van der Waals surface area contributed by atoms with Crippen molar-refractivity contribution in [3.05, 3.63) is 12.2 Å². The van der Waals surface area contributed by atoms with E-state index in [2.05, 4.69) is 46.9 Å². The Bertz CT molecular complexity index is 377. The third-order valence-electron chi connectivity index (χ3n) is 2.54. The van der Waals surface area contributed by atoms with Gasteiger partial charge in [0.15, 0.2) is 0 Å². The summed E-state index contributed by atoms with van der Waals surface area (Å²) in [5, 5.41) is 28.5. The number of aliphatic carboxylic acids is 2. The lowest BCUT2D eigenvalue weighted by molar-refractivity contribution is -0.134. The van der Waals surface area contributed by atoms with Crippen molar-refractivity contribution >= 4 is 11.9 Å². The zero-order valence-electron chi connectivity index (χ0n) is 15.6. The molecule has 7 nitrogen and oxygen atoms in total. The Morgan fingerprint density at radius 3 is 1.83 bits per heavy atom. The summed E-state index contributed by atoms with van der Waals surface area (Å²) in [4.78, 5) is 19.1. The highest BCUT2D eigenvalue weighted by molar-refractivity contribution is 5.89. The molecule has 0 aliphatic rings.